The predicted octanol–water partition coefficient (Wildman–Crippen LogP) is 2.16. The zero-order chi connectivity index (χ0) is 15.1. The maximum Gasteiger partial charge on any atom is 2.00 e. The van der Waals surface area contributed by atoms with Crippen molar-refractivity contribution >= 4 is 35.5 Å². The number of hydrogen-bond donors (Lipinski definition) is 2. The maximum absolute atomic E-state index is 10.5. The number of para-hydroxylation sites is 2. The number of rotatable bonds is 2. The summed E-state index contributed by atoms with van der Waals surface area (Å²) in [6.45, 7) is 0. The van der Waals surface area contributed by atoms with Gasteiger partial charge in [0.2, 0.25) is 0 Å². The first-order chi connectivity index (χ1) is 9.43. The third kappa shape index (κ3) is 6.10. The minimum atomic E-state index is -0.530. The minimum Gasteiger partial charge on any atom is -0.737 e. The van der Waals surface area contributed by atoms with Gasteiger partial charge in [-0.2, -0.15) is 0 Å². The number of benzene rings is 2. The van der Waals surface area contributed by atoms with Crippen molar-refractivity contribution in [3.63, 3.8) is 0 Å². The van der Waals surface area contributed by atoms with Crippen molar-refractivity contribution in [2.24, 2.45) is 0 Å². The molecule has 113 valence electrons. The number of hydrogen-bond acceptors (Lipinski definition) is 6. The number of carbonyl (C=O) groups excluding carboxylic acids is 2. The van der Waals surface area contributed by atoms with Crippen LogP contribution in [0, 0.1) is 0 Å². The van der Waals surface area contributed by atoms with E-state index < -0.39 is 10.2 Å². The zero-order valence-electron chi connectivity index (χ0n) is 10.4. The van der Waals surface area contributed by atoms with E-state index in [9.17, 15) is 9.59 Å². The Morgan fingerprint density at radius 3 is 1.19 bits per heavy atom. The van der Waals surface area contributed by atoms with E-state index in [-0.39, 0.29) is 39.7 Å². The molecule has 7 heteroatoms. The SMILES string of the molecule is O=C([S-])c1ccccc1O.O=C([S-])c1ccccc1O.[Cu+2]. The third-order valence-electron chi connectivity index (χ3n) is 2.25. The summed E-state index contributed by atoms with van der Waals surface area (Å²) in [5, 5.41) is 16.9. The molecule has 0 fully saturated rings. The van der Waals surface area contributed by atoms with E-state index >= 15 is 0 Å². The average Bonchev–Trinajstić information content (AvgIpc) is 2.40. The largest absolute Gasteiger partial charge is 2.00 e. The Morgan fingerprint density at radius 1 is 0.714 bits per heavy atom. The molecule has 2 aromatic carbocycles. The van der Waals surface area contributed by atoms with Gasteiger partial charge in [0.15, 0.2) is 0 Å². The van der Waals surface area contributed by atoms with Gasteiger partial charge in [-0.3, -0.25) is 0 Å². The Morgan fingerprint density at radius 2 is 1.00 bits per heavy atom. The van der Waals surface area contributed by atoms with Crippen molar-refractivity contribution in [3.8, 4) is 11.5 Å². The minimum absolute atomic E-state index is 0. The molecule has 2 N–H and O–H groups in total. The Hall–Kier alpha value is -1.66. The number of carbonyl (C=O) groups is 2. The summed E-state index contributed by atoms with van der Waals surface area (Å²) in [5.41, 5.74) is 0.384. The van der Waals surface area contributed by atoms with E-state index in [1.165, 1.54) is 24.3 Å². The Kier molecular flexibility index (Phi) is 8.57. The monoisotopic (exact) mass is 369 g/mol. The molecular weight excluding hydrogens is 360 g/mol. The van der Waals surface area contributed by atoms with Crippen LogP contribution in [0.4, 0.5) is 0 Å². The van der Waals surface area contributed by atoms with E-state index in [1.807, 2.05) is 0 Å². The molecule has 1 radical (unpaired) electrons. The molecule has 0 saturated carbocycles. The van der Waals surface area contributed by atoms with Crippen LogP contribution in [0.15, 0.2) is 48.5 Å². The second-order valence-corrected chi connectivity index (χ2v) is 4.35. The summed E-state index contributed by atoms with van der Waals surface area (Å²) >= 11 is 8.67. The normalized spacial score (nSPS) is 8.76. The molecule has 0 amide bonds. The molecule has 2 rings (SSSR count). The van der Waals surface area contributed by atoms with Gasteiger partial charge in [0.1, 0.15) is 11.5 Å². The molecule has 0 bridgehead atoms. The fourth-order valence-electron chi connectivity index (χ4n) is 1.29. The van der Waals surface area contributed by atoms with E-state index in [0.717, 1.165) is 0 Å². The first kappa shape index (κ1) is 19.3. The van der Waals surface area contributed by atoms with E-state index in [2.05, 4.69) is 25.3 Å². The second-order valence-electron chi connectivity index (χ2n) is 3.61. The molecule has 0 atom stereocenters. The molecule has 0 unspecified atom stereocenters. The molecule has 2 aromatic rings. The topological polar surface area (TPSA) is 74.6 Å². The first-order valence-corrected chi connectivity index (χ1v) is 6.23. The van der Waals surface area contributed by atoms with Gasteiger partial charge in [0, 0.05) is 21.4 Å². The van der Waals surface area contributed by atoms with Crippen LogP contribution in [-0.2, 0) is 42.3 Å². The Bertz CT molecular complexity index is 576. The summed E-state index contributed by atoms with van der Waals surface area (Å²) in [4.78, 5) is 21.0. The molecule has 0 saturated heterocycles. The van der Waals surface area contributed by atoms with Gasteiger partial charge in [-0.1, -0.05) is 24.3 Å². The third-order valence-corrected chi connectivity index (χ3v) is 2.69. The van der Waals surface area contributed by atoms with Crippen molar-refractivity contribution in [3.05, 3.63) is 59.7 Å². The Labute approximate surface area is 143 Å². The molecule has 21 heavy (non-hydrogen) atoms. The van der Waals surface area contributed by atoms with Crippen molar-refractivity contribution in [1.82, 2.24) is 0 Å². The quantitative estimate of drug-likeness (QED) is 0.624. The van der Waals surface area contributed by atoms with Crippen LogP contribution in [0.2, 0.25) is 0 Å². The standard InChI is InChI=1S/2C7H6O2S.Cu/c2*8-6-4-2-1-3-5(6)7(9)10;/h2*1-4,8H,(H,9,10);/q;;+2/p-2. The van der Waals surface area contributed by atoms with Crippen molar-refractivity contribution in [2.75, 3.05) is 0 Å². The molecule has 4 nitrogen and oxygen atoms in total. The number of aromatic hydroxyl groups is 2. The predicted molar refractivity (Wildman–Crippen MR) is 79.6 cm³/mol. The van der Waals surface area contributed by atoms with Gasteiger partial charge < -0.3 is 45.1 Å². The number of phenols is 2. The summed E-state index contributed by atoms with van der Waals surface area (Å²) in [5.74, 6) is -0.106. The summed E-state index contributed by atoms with van der Waals surface area (Å²) in [6, 6.07) is 12.4. The maximum atomic E-state index is 10.5. The summed E-state index contributed by atoms with van der Waals surface area (Å²) in [6.07, 6.45) is 0. The van der Waals surface area contributed by atoms with Crippen molar-refractivity contribution in [1.29, 1.82) is 0 Å². The van der Waals surface area contributed by atoms with Gasteiger partial charge in [-0.25, -0.2) is 0 Å². The van der Waals surface area contributed by atoms with Crippen LogP contribution >= 0.6 is 0 Å². The molecule has 0 heterocycles. The average molecular weight is 370 g/mol. The molecule has 0 aliphatic carbocycles. The van der Waals surface area contributed by atoms with Gasteiger partial charge in [-0.15, -0.1) is 0 Å². The summed E-state index contributed by atoms with van der Waals surface area (Å²) in [7, 11) is 0. The molecule has 0 aliphatic rings. The molecular formula is C14H10CuO4S2. The molecule has 0 aliphatic heterocycles. The van der Waals surface area contributed by atoms with Gasteiger partial charge in [-0.05, 0) is 24.3 Å². The molecule has 0 aromatic heterocycles. The van der Waals surface area contributed by atoms with Crippen molar-refractivity contribution in [2.45, 2.75) is 0 Å². The Balaban J connectivity index is 0.000000364. The molecule has 0 spiro atoms. The summed E-state index contributed by atoms with van der Waals surface area (Å²) < 4.78 is 0. The van der Waals surface area contributed by atoms with Gasteiger partial charge >= 0.3 is 17.1 Å². The fraction of sp³-hybridized carbons (Fsp3) is 0. The van der Waals surface area contributed by atoms with Gasteiger partial charge in [0.25, 0.3) is 0 Å². The van der Waals surface area contributed by atoms with Crippen LogP contribution in [-0.4, -0.2) is 20.4 Å². The smallest absolute Gasteiger partial charge is 0.737 e. The number of phenolic OH excluding ortho intramolecular Hbond substituents is 2. The van der Waals surface area contributed by atoms with Crippen LogP contribution in [0.25, 0.3) is 0 Å². The van der Waals surface area contributed by atoms with Crippen molar-refractivity contribution < 1.29 is 36.9 Å². The van der Waals surface area contributed by atoms with E-state index in [1.54, 1.807) is 24.3 Å². The van der Waals surface area contributed by atoms with Crippen LogP contribution in [0.1, 0.15) is 20.7 Å². The first-order valence-electron chi connectivity index (χ1n) is 5.42. The zero-order valence-corrected chi connectivity index (χ0v) is 13.0. The van der Waals surface area contributed by atoms with E-state index in [4.69, 9.17) is 10.2 Å². The van der Waals surface area contributed by atoms with Crippen LogP contribution in [0.5, 0.6) is 11.5 Å². The van der Waals surface area contributed by atoms with Gasteiger partial charge in [0.05, 0.1) is 0 Å². The second kappa shape index (κ2) is 9.31. The van der Waals surface area contributed by atoms with Crippen LogP contribution in [0.3, 0.4) is 0 Å². The van der Waals surface area contributed by atoms with E-state index in [0.29, 0.717) is 0 Å². The fourth-order valence-corrected chi connectivity index (χ4v) is 1.64. The van der Waals surface area contributed by atoms with Crippen LogP contribution < -0.4 is 0 Å².